The zero-order valence-electron chi connectivity index (χ0n) is 11.4. The maximum Gasteiger partial charge on any atom is 0.323 e. The van der Waals surface area contributed by atoms with Crippen LogP contribution in [0.1, 0.15) is 10.5 Å². The standard InChI is InChI=1S/C14H15BrN2O4/c1-21-5-4-17(8-13(18)19)14(20)12-7-9-6-10(15)2-3-11(9)16-12/h2-3,6-7,16H,4-5,8H2,1H3,(H,18,19). The predicted octanol–water partition coefficient (Wildman–Crippen LogP) is 2.10. The van der Waals surface area contributed by atoms with E-state index in [1.54, 1.807) is 6.07 Å². The van der Waals surface area contributed by atoms with Crippen LogP contribution in [0, 0.1) is 0 Å². The lowest BCUT2D eigenvalue weighted by molar-refractivity contribution is -0.137. The van der Waals surface area contributed by atoms with Crippen LogP contribution in [0.3, 0.4) is 0 Å². The minimum atomic E-state index is -1.06. The molecule has 1 heterocycles. The van der Waals surface area contributed by atoms with E-state index in [0.717, 1.165) is 15.4 Å². The normalized spacial score (nSPS) is 10.8. The molecule has 0 aliphatic carbocycles. The van der Waals surface area contributed by atoms with Crippen LogP contribution in [0.2, 0.25) is 0 Å². The van der Waals surface area contributed by atoms with Crippen LogP contribution in [0.15, 0.2) is 28.7 Å². The lowest BCUT2D eigenvalue weighted by Crippen LogP contribution is -2.38. The van der Waals surface area contributed by atoms with Crippen molar-refractivity contribution in [3.8, 4) is 0 Å². The number of H-pyrrole nitrogens is 1. The highest BCUT2D eigenvalue weighted by Crippen LogP contribution is 2.21. The predicted molar refractivity (Wildman–Crippen MR) is 81.4 cm³/mol. The molecule has 0 bridgehead atoms. The SMILES string of the molecule is COCCN(CC(=O)O)C(=O)c1cc2cc(Br)ccc2[nH]1. The summed E-state index contributed by atoms with van der Waals surface area (Å²) in [6, 6.07) is 7.32. The number of aromatic amines is 1. The quantitative estimate of drug-likeness (QED) is 0.832. The molecular weight excluding hydrogens is 340 g/mol. The van der Waals surface area contributed by atoms with E-state index in [1.807, 2.05) is 18.2 Å². The summed E-state index contributed by atoms with van der Waals surface area (Å²) in [6.45, 7) is 0.146. The number of carbonyl (C=O) groups excluding carboxylic acids is 1. The second-order valence-electron chi connectivity index (χ2n) is 4.53. The van der Waals surface area contributed by atoms with Crippen molar-refractivity contribution in [3.63, 3.8) is 0 Å². The molecule has 0 unspecified atom stereocenters. The van der Waals surface area contributed by atoms with Gasteiger partial charge in [0.2, 0.25) is 0 Å². The van der Waals surface area contributed by atoms with Crippen LogP contribution in [-0.2, 0) is 9.53 Å². The summed E-state index contributed by atoms with van der Waals surface area (Å²) < 4.78 is 5.82. The Labute approximate surface area is 129 Å². The van der Waals surface area contributed by atoms with Gasteiger partial charge in [-0.25, -0.2) is 0 Å². The smallest absolute Gasteiger partial charge is 0.323 e. The highest BCUT2D eigenvalue weighted by Gasteiger charge is 2.20. The van der Waals surface area contributed by atoms with Crippen molar-refractivity contribution in [1.82, 2.24) is 9.88 Å². The van der Waals surface area contributed by atoms with Crippen molar-refractivity contribution in [1.29, 1.82) is 0 Å². The molecule has 0 aliphatic rings. The Morgan fingerprint density at radius 1 is 1.38 bits per heavy atom. The summed E-state index contributed by atoms with van der Waals surface area (Å²) in [4.78, 5) is 27.5. The first-order valence-corrected chi connectivity index (χ1v) is 7.09. The molecule has 1 aromatic carbocycles. The van der Waals surface area contributed by atoms with Gasteiger partial charge in [-0.3, -0.25) is 9.59 Å². The third-order valence-electron chi connectivity index (χ3n) is 2.99. The zero-order chi connectivity index (χ0) is 15.4. The van der Waals surface area contributed by atoms with Crippen molar-refractivity contribution in [3.05, 3.63) is 34.4 Å². The Kier molecular flexibility index (Phi) is 4.98. The van der Waals surface area contributed by atoms with Gasteiger partial charge in [0.25, 0.3) is 5.91 Å². The number of hydrogen-bond donors (Lipinski definition) is 2. The van der Waals surface area contributed by atoms with E-state index in [2.05, 4.69) is 20.9 Å². The second-order valence-corrected chi connectivity index (χ2v) is 5.44. The van der Waals surface area contributed by atoms with E-state index in [4.69, 9.17) is 9.84 Å². The lowest BCUT2D eigenvalue weighted by Gasteiger charge is -2.19. The van der Waals surface area contributed by atoms with Crippen LogP contribution in [0.5, 0.6) is 0 Å². The Morgan fingerprint density at radius 2 is 2.14 bits per heavy atom. The van der Waals surface area contributed by atoms with Gasteiger partial charge in [-0.1, -0.05) is 15.9 Å². The second kappa shape index (κ2) is 6.73. The van der Waals surface area contributed by atoms with E-state index in [-0.39, 0.29) is 25.6 Å². The van der Waals surface area contributed by atoms with Crippen molar-refractivity contribution >= 4 is 38.7 Å². The first-order valence-electron chi connectivity index (χ1n) is 6.29. The topological polar surface area (TPSA) is 82.6 Å². The number of hydrogen-bond acceptors (Lipinski definition) is 3. The summed E-state index contributed by atoms with van der Waals surface area (Å²) in [5.41, 5.74) is 1.18. The van der Waals surface area contributed by atoms with Gasteiger partial charge in [0.15, 0.2) is 0 Å². The number of rotatable bonds is 6. The number of nitrogens with one attached hydrogen (secondary N) is 1. The number of methoxy groups -OCH3 is 1. The Bertz CT molecular complexity index is 668. The number of amides is 1. The van der Waals surface area contributed by atoms with Gasteiger partial charge >= 0.3 is 5.97 Å². The summed E-state index contributed by atoms with van der Waals surface area (Å²) in [5, 5.41) is 9.79. The number of aliphatic carboxylic acids is 1. The summed E-state index contributed by atoms with van der Waals surface area (Å²) in [6.07, 6.45) is 0. The van der Waals surface area contributed by atoms with Crippen LogP contribution in [-0.4, -0.2) is 53.7 Å². The van der Waals surface area contributed by atoms with Gasteiger partial charge in [0, 0.05) is 29.0 Å². The molecule has 0 saturated heterocycles. The molecule has 1 aromatic heterocycles. The Hall–Kier alpha value is -1.86. The van der Waals surface area contributed by atoms with Gasteiger partial charge < -0.3 is 19.7 Å². The number of carbonyl (C=O) groups is 2. The van der Waals surface area contributed by atoms with Crippen molar-refractivity contribution < 1.29 is 19.4 Å². The maximum atomic E-state index is 12.4. The van der Waals surface area contributed by atoms with E-state index in [0.29, 0.717) is 5.69 Å². The Morgan fingerprint density at radius 3 is 2.81 bits per heavy atom. The van der Waals surface area contributed by atoms with Gasteiger partial charge in [-0.15, -0.1) is 0 Å². The molecule has 0 atom stereocenters. The summed E-state index contributed by atoms with van der Waals surface area (Å²) >= 11 is 3.37. The van der Waals surface area contributed by atoms with E-state index in [1.165, 1.54) is 12.0 Å². The van der Waals surface area contributed by atoms with Gasteiger partial charge in [-0.2, -0.15) is 0 Å². The minimum absolute atomic E-state index is 0.223. The molecule has 6 nitrogen and oxygen atoms in total. The fourth-order valence-electron chi connectivity index (χ4n) is 2.01. The van der Waals surface area contributed by atoms with E-state index < -0.39 is 5.97 Å². The fourth-order valence-corrected chi connectivity index (χ4v) is 2.39. The molecule has 0 radical (unpaired) electrons. The number of benzene rings is 1. The van der Waals surface area contributed by atoms with Crippen LogP contribution in [0.4, 0.5) is 0 Å². The minimum Gasteiger partial charge on any atom is -0.480 e. The van der Waals surface area contributed by atoms with Crippen molar-refractivity contribution in [2.24, 2.45) is 0 Å². The summed E-state index contributed by atoms with van der Waals surface area (Å²) in [7, 11) is 1.50. The molecular formula is C14H15BrN2O4. The summed E-state index contributed by atoms with van der Waals surface area (Å²) in [5.74, 6) is -1.42. The molecule has 112 valence electrons. The van der Waals surface area contributed by atoms with Gasteiger partial charge in [0.05, 0.1) is 6.61 Å². The molecule has 2 N–H and O–H groups in total. The molecule has 2 rings (SSSR count). The number of halogens is 1. The average Bonchev–Trinajstić information content (AvgIpc) is 2.85. The number of aromatic nitrogens is 1. The first-order chi connectivity index (χ1) is 10.0. The van der Waals surface area contributed by atoms with E-state index in [9.17, 15) is 9.59 Å². The largest absolute Gasteiger partial charge is 0.480 e. The zero-order valence-corrected chi connectivity index (χ0v) is 13.0. The maximum absolute atomic E-state index is 12.4. The molecule has 1 amide bonds. The molecule has 0 aliphatic heterocycles. The van der Waals surface area contributed by atoms with Crippen LogP contribution < -0.4 is 0 Å². The highest BCUT2D eigenvalue weighted by atomic mass is 79.9. The monoisotopic (exact) mass is 354 g/mol. The number of carboxylic acid groups (broad SMARTS) is 1. The van der Waals surface area contributed by atoms with Crippen molar-refractivity contribution in [2.75, 3.05) is 26.8 Å². The number of fused-ring (bicyclic) bond motifs is 1. The Balaban J connectivity index is 2.26. The number of nitrogens with zero attached hydrogens (tertiary/aromatic N) is 1. The molecule has 0 spiro atoms. The third kappa shape index (κ3) is 3.83. The number of ether oxygens (including phenoxy) is 1. The average molecular weight is 355 g/mol. The lowest BCUT2D eigenvalue weighted by atomic mass is 10.2. The fraction of sp³-hybridized carbons (Fsp3) is 0.286. The first kappa shape index (κ1) is 15.5. The van der Waals surface area contributed by atoms with Gasteiger partial charge in [-0.05, 0) is 24.3 Å². The van der Waals surface area contributed by atoms with Crippen molar-refractivity contribution in [2.45, 2.75) is 0 Å². The highest BCUT2D eigenvalue weighted by molar-refractivity contribution is 9.10. The molecule has 7 heteroatoms. The van der Waals surface area contributed by atoms with Gasteiger partial charge in [0.1, 0.15) is 12.2 Å². The van der Waals surface area contributed by atoms with E-state index >= 15 is 0 Å². The number of carboxylic acids is 1. The van der Waals surface area contributed by atoms with Crippen LogP contribution >= 0.6 is 15.9 Å². The molecule has 21 heavy (non-hydrogen) atoms. The molecule has 2 aromatic rings. The molecule has 0 saturated carbocycles. The van der Waals surface area contributed by atoms with Crippen LogP contribution in [0.25, 0.3) is 10.9 Å². The molecule has 0 fully saturated rings. The third-order valence-corrected chi connectivity index (χ3v) is 3.49.